The molecule has 1 N–H and O–H groups in total. The highest BCUT2D eigenvalue weighted by Crippen LogP contribution is 2.37. The highest BCUT2D eigenvalue weighted by Gasteiger charge is 2.43. The summed E-state index contributed by atoms with van der Waals surface area (Å²) in [5.41, 5.74) is -0.247. The van der Waals surface area contributed by atoms with E-state index in [1.54, 1.807) is 12.3 Å². The van der Waals surface area contributed by atoms with Gasteiger partial charge in [-0.05, 0) is 31.2 Å². The SMILES string of the molecule is Cc1nccc(N2CCCC(C)(C)C2C(=O)O)n1. The number of hydrogen-bond acceptors (Lipinski definition) is 4. The monoisotopic (exact) mass is 249 g/mol. The summed E-state index contributed by atoms with van der Waals surface area (Å²) in [7, 11) is 0. The normalized spacial score (nSPS) is 22.8. The highest BCUT2D eigenvalue weighted by atomic mass is 16.4. The molecule has 98 valence electrons. The molecule has 0 aromatic carbocycles. The molecule has 1 aliphatic heterocycles. The number of hydrogen-bond donors (Lipinski definition) is 1. The van der Waals surface area contributed by atoms with Crippen LogP contribution in [0.4, 0.5) is 5.82 Å². The van der Waals surface area contributed by atoms with E-state index in [-0.39, 0.29) is 5.41 Å². The Morgan fingerprint density at radius 1 is 1.56 bits per heavy atom. The van der Waals surface area contributed by atoms with E-state index in [9.17, 15) is 9.90 Å². The van der Waals surface area contributed by atoms with Gasteiger partial charge in [0.25, 0.3) is 0 Å². The first kappa shape index (κ1) is 12.8. The molecule has 0 aliphatic carbocycles. The average molecular weight is 249 g/mol. The molecule has 18 heavy (non-hydrogen) atoms. The summed E-state index contributed by atoms with van der Waals surface area (Å²) in [6.45, 7) is 6.56. The van der Waals surface area contributed by atoms with Gasteiger partial charge in [-0.15, -0.1) is 0 Å². The number of rotatable bonds is 2. The molecule has 0 saturated carbocycles. The number of nitrogens with zero attached hydrogens (tertiary/aromatic N) is 3. The first-order valence-corrected chi connectivity index (χ1v) is 6.21. The van der Waals surface area contributed by atoms with Crippen molar-refractivity contribution >= 4 is 11.8 Å². The lowest BCUT2D eigenvalue weighted by Crippen LogP contribution is -2.54. The quantitative estimate of drug-likeness (QED) is 0.866. The van der Waals surface area contributed by atoms with Gasteiger partial charge in [-0.1, -0.05) is 13.8 Å². The van der Waals surface area contributed by atoms with Crippen LogP contribution in [0.2, 0.25) is 0 Å². The van der Waals surface area contributed by atoms with Gasteiger partial charge in [0.1, 0.15) is 17.7 Å². The van der Waals surface area contributed by atoms with Gasteiger partial charge in [0.2, 0.25) is 0 Å². The zero-order valence-electron chi connectivity index (χ0n) is 11.1. The molecular weight excluding hydrogens is 230 g/mol. The Labute approximate surface area is 107 Å². The van der Waals surface area contributed by atoms with Crippen LogP contribution >= 0.6 is 0 Å². The molecule has 0 amide bonds. The summed E-state index contributed by atoms with van der Waals surface area (Å²) in [6.07, 6.45) is 3.59. The molecule has 1 aromatic rings. The summed E-state index contributed by atoms with van der Waals surface area (Å²) in [4.78, 5) is 21.8. The zero-order valence-corrected chi connectivity index (χ0v) is 11.1. The fourth-order valence-electron chi connectivity index (χ4n) is 2.71. The molecular formula is C13H19N3O2. The minimum absolute atomic E-state index is 0.247. The number of carbonyl (C=O) groups is 1. The van der Waals surface area contributed by atoms with Crippen molar-refractivity contribution in [1.82, 2.24) is 9.97 Å². The second kappa shape index (κ2) is 4.55. The molecule has 2 heterocycles. The first-order chi connectivity index (χ1) is 8.42. The Hall–Kier alpha value is -1.65. The van der Waals surface area contributed by atoms with E-state index in [1.807, 2.05) is 25.7 Å². The fraction of sp³-hybridized carbons (Fsp3) is 0.615. The van der Waals surface area contributed by atoms with Crippen molar-refractivity contribution < 1.29 is 9.90 Å². The van der Waals surface area contributed by atoms with E-state index in [1.165, 1.54) is 0 Å². The van der Waals surface area contributed by atoms with Crippen molar-refractivity contribution in [1.29, 1.82) is 0 Å². The lowest BCUT2D eigenvalue weighted by molar-refractivity contribution is -0.142. The number of carboxylic acid groups (broad SMARTS) is 1. The molecule has 1 aliphatic rings. The lowest BCUT2D eigenvalue weighted by atomic mass is 9.76. The second-order valence-corrected chi connectivity index (χ2v) is 5.49. The van der Waals surface area contributed by atoms with Crippen molar-refractivity contribution in [3.63, 3.8) is 0 Å². The largest absolute Gasteiger partial charge is 0.480 e. The van der Waals surface area contributed by atoms with Gasteiger partial charge in [-0.3, -0.25) is 0 Å². The minimum Gasteiger partial charge on any atom is -0.480 e. The summed E-state index contributed by atoms with van der Waals surface area (Å²) in [5, 5.41) is 9.49. The number of anilines is 1. The number of carboxylic acids is 1. The predicted octanol–water partition coefficient (Wildman–Crippen LogP) is 1.86. The summed E-state index contributed by atoms with van der Waals surface area (Å²) < 4.78 is 0. The zero-order chi connectivity index (χ0) is 13.3. The topological polar surface area (TPSA) is 66.3 Å². The van der Waals surface area contributed by atoms with Crippen LogP contribution in [-0.4, -0.2) is 33.6 Å². The van der Waals surface area contributed by atoms with Gasteiger partial charge >= 0.3 is 5.97 Å². The van der Waals surface area contributed by atoms with Crippen LogP contribution in [0.5, 0.6) is 0 Å². The van der Waals surface area contributed by atoms with Gasteiger partial charge < -0.3 is 10.0 Å². The molecule has 1 saturated heterocycles. The predicted molar refractivity (Wildman–Crippen MR) is 68.6 cm³/mol. The van der Waals surface area contributed by atoms with Crippen LogP contribution in [0.1, 0.15) is 32.5 Å². The minimum atomic E-state index is -0.782. The van der Waals surface area contributed by atoms with Crippen LogP contribution in [-0.2, 0) is 4.79 Å². The summed E-state index contributed by atoms with van der Waals surface area (Å²) >= 11 is 0. The Kier molecular flexibility index (Phi) is 3.24. The van der Waals surface area contributed by atoms with E-state index in [4.69, 9.17) is 0 Å². The van der Waals surface area contributed by atoms with Gasteiger partial charge in [0.15, 0.2) is 0 Å². The van der Waals surface area contributed by atoms with Crippen molar-refractivity contribution in [2.45, 2.75) is 39.7 Å². The van der Waals surface area contributed by atoms with E-state index in [0.717, 1.165) is 19.4 Å². The van der Waals surface area contributed by atoms with Gasteiger partial charge in [0, 0.05) is 12.7 Å². The third-order valence-electron chi connectivity index (χ3n) is 3.56. The van der Waals surface area contributed by atoms with Crippen molar-refractivity contribution in [2.24, 2.45) is 5.41 Å². The van der Waals surface area contributed by atoms with Crippen molar-refractivity contribution in [3.05, 3.63) is 18.1 Å². The maximum absolute atomic E-state index is 11.6. The molecule has 1 fully saturated rings. The number of aryl methyl sites for hydroxylation is 1. The molecule has 0 bridgehead atoms. The molecule has 5 nitrogen and oxygen atoms in total. The van der Waals surface area contributed by atoms with Crippen LogP contribution < -0.4 is 4.90 Å². The van der Waals surface area contributed by atoms with E-state index in [0.29, 0.717) is 11.6 Å². The average Bonchev–Trinajstić information content (AvgIpc) is 2.26. The van der Waals surface area contributed by atoms with Gasteiger partial charge in [0.05, 0.1) is 0 Å². The molecule has 1 aromatic heterocycles. The van der Waals surface area contributed by atoms with Crippen LogP contribution in [0, 0.1) is 12.3 Å². The van der Waals surface area contributed by atoms with Gasteiger partial charge in [-0.25, -0.2) is 14.8 Å². The van der Waals surface area contributed by atoms with E-state index < -0.39 is 12.0 Å². The molecule has 1 atom stereocenters. The van der Waals surface area contributed by atoms with E-state index >= 15 is 0 Å². The third-order valence-corrected chi connectivity index (χ3v) is 3.56. The summed E-state index contributed by atoms with van der Waals surface area (Å²) in [5.74, 6) is 0.596. The number of aliphatic carboxylic acids is 1. The van der Waals surface area contributed by atoms with Crippen LogP contribution in [0.3, 0.4) is 0 Å². The number of aromatic nitrogens is 2. The fourth-order valence-corrected chi connectivity index (χ4v) is 2.71. The third kappa shape index (κ3) is 2.30. The van der Waals surface area contributed by atoms with E-state index in [2.05, 4.69) is 9.97 Å². The lowest BCUT2D eigenvalue weighted by Gasteiger charge is -2.44. The van der Waals surface area contributed by atoms with Crippen molar-refractivity contribution in [3.8, 4) is 0 Å². The molecule has 2 rings (SSSR count). The Morgan fingerprint density at radius 2 is 2.28 bits per heavy atom. The van der Waals surface area contributed by atoms with Crippen molar-refractivity contribution in [2.75, 3.05) is 11.4 Å². The maximum Gasteiger partial charge on any atom is 0.326 e. The smallest absolute Gasteiger partial charge is 0.326 e. The first-order valence-electron chi connectivity index (χ1n) is 6.21. The molecule has 5 heteroatoms. The van der Waals surface area contributed by atoms with Gasteiger partial charge in [-0.2, -0.15) is 0 Å². The maximum atomic E-state index is 11.6. The highest BCUT2D eigenvalue weighted by molar-refractivity contribution is 5.79. The Morgan fingerprint density at radius 3 is 2.89 bits per heavy atom. The molecule has 0 radical (unpaired) electrons. The molecule has 1 unspecified atom stereocenters. The summed E-state index contributed by atoms with van der Waals surface area (Å²) in [6, 6.07) is 1.25. The Balaban J connectivity index is 2.38. The second-order valence-electron chi connectivity index (χ2n) is 5.49. The number of piperidine rings is 1. The van der Waals surface area contributed by atoms with Crippen LogP contribution in [0.15, 0.2) is 12.3 Å². The Bertz CT molecular complexity index is 459. The van der Waals surface area contributed by atoms with Crippen LogP contribution in [0.25, 0.3) is 0 Å². The molecule has 0 spiro atoms. The standard InChI is InChI=1S/C13H19N3O2/c1-9-14-7-5-10(15-9)16-8-4-6-13(2,3)11(16)12(17)18/h5,7,11H,4,6,8H2,1-3H3,(H,17,18).